The van der Waals surface area contributed by atoms with Crippen LogP contribution in [0, 0.1) is 0 Å². The van der Waals surface area contributed by atoms with Crippen LogP contribution in [-0.4, -0.2) is 45.4 Å². The van der Waals surface area contributed by atoms with Crippen molar-refractivity contribution in [1.82, 2.24) is 15.2 Å². The number of rotatable bonds is 5. The Hall–Kier alpha value is -3.32. The molecule has 0 bridgehead atoms. The second kappa shape index (κ2) is 7.84. The van der Waals surface area contributed by atoms with E-state index < -0.39 is 24.6 Å². The van der Waals surface area contributed by atoms with Crippen molar-refractivity contribution in [3.8, 4) is 0 Å². The lowest BCUT2D eigenvalue weighted by molar-refractivity contribution is -0.145. The summed E-state index contributed by atoms with van der Waals surface area (Å²) in [6, 6.07) is 13.5. The van der Waals surface area contributed by atoms with Crippen LogP contribution in [0.25, 0.3) is 10.9 Å². The molecule has 1 aliphatic rings. The summed E-state index contributed by atoms with van der Waals surface area (Å²) in [5, 5.41) is 13.7. The Balaban J connectivity index is 1.64. The van der Waals surface area contributed by atoms with E-state index in [4.69, 9.17) is 11.6 Å². The molecule has 8 heteroatoms. The molecule has 3 N–H and O–H groups in total. The number of aliphatic carboxylic acids is 1. The number of carboxylic acids is 1. The van der Waals surface area contributed by atoms with Gasteiger partial charge in [0.1, 0.15) is 12.2 Å². The molecule has 0 unspecified atom stereocenters. The lowest BCUT2D eigenvalue weighted by Crippen LogP contribution is -2.47. The number of aromatic nitrogens is 1. The summed E-state index contributed by atoms with van der Waals surface area (Å²) >= 11 is 6.02. The molecule has 2 atom stereocenters. The van der Waals surface area contributed by atoms with Crippen molar-refractivity contribution in [3.63, 3.8) is 0 Å². The minimum atomic E-state index is -1.10. The lowest BCUT2D eigenvalue weighted by Gasteiger charge is -2.32. The van der Waals surface area contributed by atoms with Gasteiger partial charge in [0.25, 0.3) is 5.91 Å². The largest absolute Gasteiger partial charge is 0.480 e. The fourth-order valence-electron chi connectivity index (χ4n) is 4.11. The molecule has 1 aromatic heterocycles. The van der Waals surface area contributed by atoms with Gasteiger partial charge in [0.15, 0.2) is 0 Å². The maximum absolute atomic E-state index is 13.0. The highest BCUT2D eigenvalue weighted by atomic mass is 35.5. The number of carbonyl (C=O) groups is 3. The Kier molecular flexibility index (Phi) is 5.22. The maximum Gasteiger partial charge on any atom is 0.323 e. The van der Waals surface area contributed by atoms with Crippen LogP contribution in [0.4, 0.5) is 0 Å². The summed E-state index contributed by atoms with van der Waals surface area (Å²) in [7, 11) is 0. The number of H-pyrrole nitrogens is 1. The molecular weight excluding hydrogens is 406 g/mol. The lowest BCUT2D eigenvalue weighted by atomic mass is 10.0. The summed E-state index contributed by atoms with van der Waals surface area (Å²) in [6.45, 7) is 0.899. The number of nitrogens with zero attached hydrogens (tertiary/aromatic N) is 1. The Bertz CT molecular complexity index is 1160. The van der Waals surface area contributed by atoms with Crippen LogP contribution in [0.15, 0.2) is 48.5 Å². The first-order valence-electron chi connectivity index (χ1n) is 9.49. The van der Waals surface area contributed by atoms with Crippen LogP contribution in [0.5, 0.6) is 0 Å². The molecule has 0 fully saturated rings. The number of aromatic amines is 1. The molecule has 2 amide bonds. The molecule has 1 aliphatic carbocycles. The number of hydrogen-bond acceptors (Lipinski definition) is 3. The van der Waals surface area contributed by atoms with Crippen LogP contribution in [0.3, 0.4) is 0 Å². The van der Waals surface area contributed by atoms with E-state index in [-0.39, 0.29) is 11.8 Å². The maximum atomic E-state index is 13.0. The van der Waals surface area contributed by atoms with Crippen molar-refractivity contribution in [3.05, 3.63) is 70.4 Å². The van der Waals surface area contributed by atoms with E-state index in [0.29, 0.717) is 17.1 Å². The highest BCUT2D eigenvalue weighted by molar-refractivity contribution is 6.31. The minimum Gasteiger partial charge on any atom is -0.480 e. The number of carboxylic acid groups (broad SMARTS) is 1. The topological polar surface area (TPSA) is 102 Å². The normalized spacial score (nSPS) is 17.5. The molecule has 0 saturated heterocycles. The van der Waals surface area contributed by atoms with Gasteiger partial charge in [0.2, 0.25) is 5.91 Å². The van der Waals surface area contributed by atoms with Gasteiger partial charge in [0.05, 0.1) is 12.1 Å². The van der Waals surface area contributed by atoms with Crippen LogP contribution < -0.4 is 5.32 Å². The van der Waals surface area contributed by atoms with Gasteiger partial charge >= 0.3 is 5.97 Å². The average Bonchev–Trinajstić information content (AvgIpc) is 3.26. The molecule has 30 heavy (non-hydrogen) atoms. The molecule has 0 saturated carbocycles. The molecule has 0 spiro atoms. The van der Waals surface area contributed by atoms with E-state index in [2.05, 4.69) is 10.3 Å². The van der Waals surface area contributed by atoms with Crippen molar-refractivity contribution < 1.29 is 19.5 Å². The number of fused-ring (bicyclic) bond motifs is 2. The Morgan fingerprint density at radius 3 is 2.70 bits per heavy atom. The SMILES string of the molecule is CC(=O)N(CC(=O)O)[C@@H]1c2ccccc2C[C@@H]1NC(=O)c1cc2cc(Cl)ccc2[nH]1. The molecule has 7 nitrogen and oxygen atoms in total. The Morgan fingerprint density at radius 2 is 1.97 bits per heavy atom. The monoisotopic (exact) mass is 425 g/mol. The fourth-order valence-corrected chi connectivity index (χ4v) is 4.29. The first kappa shape index (κ1) is 20.0. The van der Waals surface area contributed by atoms with Gasteiger partial charge in [-0.15, -0.1) is 0 Å². The van der Waals surface area contributed by atoms with Crippen LogP contribution >= 0.6 is 11.6 Å². The van der Waals surface area contributed by atoms with Crippen LogP contribution in [-0.2, 0) is 16.0 Å². The summed E-state index contributed by atoms with van der Waals surface area (Å²) in [5.74, 6) is -1.80. The van der Waals surface area contributed by atoms with Gasteiger partial charge in [-0.05, 0) is 41.8 Å². The molecule has 2 aromatic carbocycles. The number of halogens is 1. The summed E-state index contributed by atoms with van der Waals surface area (Å²) in [5.41, 5.74) is 2.98. The zero-order chi connectivity index (χ0) is 21.4. The third-order valence-corrected chi connectivity index (χ3v) is 5.62. The molecule has 4 rings (SSSR count). The first-order valence-corrected chi connectivity index (χ1v) is 9.87. The standard InChI is InChI=1S/C22H20ClN3O4/c1-12(27)26(11-20(28)29)21-16-5-3-2-4-13(16)9-18(21)25-22(30)19-10-14-8-15(23)6-7-17(14)24-19/h2-8,10,18,21,24H,9,11H2,1H3,(H,25,30)(H,28,29)/t18-,21+/m0/s1. The van der Waals surface area contributed by atoms with E-state index in [1.165, 1.54) is 11.8 Å². The quantitative estimate of drug-likeness (QED) is 0.584. The van der Waals surface area contributed by atoms with Crippen molar-refractivity contribution in [2.24, 2.45) is 0 Å². The zero-order valence-corrected chi connectivity index (χ0v) is 16.9. The summed E-state index contributed by atoms with van der Waals surface area (Å²) in [4.78, 5) is 41.0. The Morgan fingerprint density at radius 1 is 1.20 bits per heavy atom. The predicted molar refractivity (Wildman–Crippen MR) is 112 cm³/mol. The second-order valence-corrected chi connectivity index (χ2v) is 7.82. The van der Waals surface area contributed by atoms with E-state index in [1.54, 1.807) is 24.3 Å². The van der Waals surface area contributed by atoms with Gasteiger partial charge in [-0.2, -0.15) is 0 Å². The highest BCUT2D eigenvalue weighted by Gasteiger charge is 2.39. The third-order valence-electron chi connectivity index (χ3n) is 5.38. The molecule has 0 radical (unpaired) electrons. The van der Waals surface area contributed by atoms with E-state index in [0.717, 1.165) is 22.0 Å². The van der Waals surface area contributed by atoms with Crippen LogP contribution in [0.2, 0.25) is 5.02 Å². The van der Waals surface area contributed by atoms with Gasteiger partial charge in [-0.1, -0.05) is 35.9 Å². The summed E-state index contributed by atoms with van der Waals surface area (Å²) < 4.78 is 0. The molecule has 3 aromatic rings. The molecule has 0 aliphatic heterocycles. The van der Waals surface area contributed by atoms with Crippen molar-refractivity contribution in [2.45, 2.75) is 25.4 Å². The van der Waals surface area contributed by atoms with Gasteiger partial charge in [-0.3, -0.25) is 14.4 Å². The molecular formula is C22H20ClN3O4. The Labute approximate surface area is 177 Å². The van der Waals surface area contributed by atoms with Gasteiger partial charge in [0, 0.05) is 22.8 Å². The highest BCUT2D eigenvalue weighted by Crippen LogP contribution is 2.36. The number of amides is 2. The van der Waals surface area contributed by atoms with Gasteiger partial charge in [-0.25, -0.2) is 0 Å². The van der Waals surface area contributed by atoms with Crippen molar-refractivity contribution in [2.75, 3.05) is 6.54 Å². The predicted octanol–water partition coefficient (Wildman–Crippen LogP) is 3.15. The summed E-state index contributed by atoms with van der Waals surface area (Å²) in [6.07, 6.45) is 0.502. The van der Waals surface area contributed by atoms with Gasteiger partial charge < -0.3 is 20.3 Å². The van der Waals surface area contributed by atoms with Crippen molar-refractivity contribution >= 4 is 40.3 Å². The van der Waals surface area contributed by atoms with Crippen LogP contribution in [0.1, 0.15) is 34.6 Å². The van der Waals surface area contributed by atoms with Crippen molar-refractivity contribution in [1.29, 1.82) is 0 Å². The minimum absolute atomic E-state index is 0.330. The second-order valence-electron chi connectivity index (χ2n) is 7.38. The van der Waals surface area contributed by atoms with E-state index >= 15 is 0 Å². The van der Waals surface area contributed by atoms with E-state index in [1.807, 2.05) is 24.3 Å². The molecule has 1 heterocycles. The zero-order valence-electron chi connectivity index (χ0n) is 16.2. The first-order chi connectivity index (χ1) is 14.3. The number of carbonyl (C=O) groups excluding carboxylic acids is 2. The van der Waals surface area contributed by atoms with E-state index in [9.17, 15) is 19.5 Å². The fraction of sp³-hybridized carbons (Fsp3) is 0.227. The smallest absolute Gasteiger partial charge is 0.323 e. The number of nitrogens with one attached hydrogen (secondary N) is 2. The number of benzene rings is 2. The molecule has 154 valence electrons. The average molecular weight is 426 g/mol. The number of hydrogen-bond donors (Lipinski definition) is 3. The third kappa shape index (κ3) is 3.76.